The Morgan fingerprint density at radius 3 is 3.00 bits per heavy atom. The third kappa shape index (κ3) is 4.65. The Hall–Kier alpha value is -3.25. The maximum absolute atomic E-state index is 14.9. The summed E-state index contributed by atoms with van der Waals surface area (Å²) >= 11 is 0. The van der Waals surface area contributed by atoms with Crippen molar-refractivity contribution in [2.75, 3.05) is 19.0 Å². The molecule has 1 fully saturated rings. The Balaban J connectivity index is 1.47. The van der Waals surface area contributed by atoms with Crippen molar-refractivity contribution in [3.05, 3.63) is 35.4 Å². The zero-order chi connectivity index (χ0) is 22.8. The minimum absolute atomic E-state index is 0.0444. The summed E-state index contributed by atoms with van der Waals surface area (Å²) in [5.74, 6) is 0.987. The van der Waals surface area contributed by atoms with Crippen LogP contribution in [0, 0.1) is 6.92 Å². The zero-order valence-electron chi connectivity index (χ0n) is 18.3. The third-order valence-corrected chi connectivity index (χ3v) is 4.82. The van der Waals surface area contributed by atoms with E-state index in [1.54, 1.807) is 31.5 Å². The van der Waals surface area contributed by atoms with E-state index in [9.17, 15) is 9.18 Å². The molecule has 3 N–H and O–H groups in total. The number of nitrogens with zero attached hydrogens (tertiary/aromatic N) is 4. The van der Waals surface area contributed by atoms with E-state index in [1.807, 2.05) is 19.2 Å². The molecule has 0 aliphatic carbocycles. The Kier molecular flexibility index (Phi) is 6.24. The molecule has 3 atom stereocenters. The van der Waals surface area contributed by atoms with Crippen molar-refractivity contribution < 1.29 is 23.4 Å². The maximum atomic E-state index is 14.9. The molecule has 0 radical (unpaired) electrons. The minimum Gasteiger partial charge on any atom is -0.441 e. The quantitative estimate of drug-likeness (QED) is 0.504. The monoisotopic (exact) mass is 447 g/mol. The molecule has 0 aromatic carbocycles. The van der Waals surface area contributed by atoms with Gasteiger partial charge in [0.2, 0.25) is 0 Å². The van der Waals surface area contributed by atoms with Gasteiger partial charge in [-0.3, -0.25) is 5.10 Å². The molecule has 0 unspecified atom stereocenters. The molecule has 1 amide bonds. The lowest BCUT2D eigenvalue weighted by atomic mass is 10.1. The number of H-pyrrole nitrogens is 1. The first-order chi connectivity index (χ1) is 15.3. The van der Waals surface area contributed by atoms with Gasteiger partial charge in [0.25, 0.3) is 0 Å². The molecular weight excluding hydrogens is 421 g/mol. The molecule has 4 rings (SSSR count). The van der Waals surface area contributed by atoms with Crippen LogP contribution < -0.4 is 10.6 Å². The molecule has 1 saturated heterocycles. The van der Waals surface area contributed by atoms with Gasteiger partial charge in [0.05, 0.1) is 36.5 Å². The second-order valence-electron chi connectivity index (χ2n) is 7.90. The van der Waals surface area contributed by atoms with Crippen LogP contribution in [0.25, 0.3) is 5.52 Å². The van der Waals surface area contributed by atoms with Gasteiger partial charge in [-0.25, -0.2) is 18.7 Å². The first kappa shape index (κ1) is 22.0. The first-order valence-corrected chi connectivity index (χ1v) is 10.2. The van der Waals surface area contributed by atoms with E-state index in [1.165, 1.54) is 0 Å². The molecule has 12 heteroatoms. The molecular formula is C20H26FN7O4. The summed E-state index contributed by atoms with van der Waals surface area (Å²) in [6.45, 7) is 5.77. The number of carbonyl (C=O) groups excluding carboxylic acids is 1. The highest BCUT2D eigenvalue weighted by molar-refractivity contribution is 5.72. The number of rotatable bonds is 7. The summed E-state index contributed by atoms with van der Waals surface area (Å²) in [4.78, 5) is 16.3. The van der Waals surface area contributed by atoms with Gasteiger partial charge in [0.1, 0.15) is 11.6 Å². The molecule has 11 nitrogen and oxygen atoms in total. The number of ether oxygens (including phenoxy) is 3. The van der Waals surface area contributed by atoms with Gasteiger partial charge in [-0.15, -0.1) is 0 Å². The number of aromatic nitrogens is 5. The topological polar surface area (TPSA) is 128 Å². The summed E-state index contributed by atoms with van der Waals surface area (Å²) in [5.41, 5.74) is 2.69. The average Bonchev–Trinajstić information content (AvgIpc) is 3.41. The number of fused-ring (bicyclic) bond motifs is 1. The Bertz CT molecular complexity index is 1100. The van der Waals surface area contributed by atoms with E-state index in [0.717, 1.165) is 16.9 Å². The number of aromatic amines is 1. The zero-order valence-corrected chi connectivity index (χ0v) is 18.3. The summed E-state index contributed by atoms with van der Waals surface area (Å²) < 4.78 is 32.4. The molecule has 3 aromatic rings. The second-order valence-corrected chi connectivity index (χ2v) is 7.90. The minimum atomic E-state index is -1.53. The van der Waals surface area contributed by atoms with Crippen molar-refractivity contribution in [2.45, 2.75) is 51.8 Å². The summed E-state index contributed by atoms with van der Waals surface area (Å²) in [6.07, 6.45) is -2.32. The van der Waals surface area contributed by atoms with Gasteiger partial charge in [-0.2, -0.15) is 10.2 Å². The van der Waals surface area contributed by atoms with E-state index < -0.39 is 24.5 Å². The fourth-order valence-electron chi connectivity index (χ4n) is 3.48. The largest absolute Gasteiger partial charge is 0.441 e. The van der Waals surface area contributed by atoms with Crippen LogP contribution in [-0.4, -0.2) is 62.9 Å². The van der Waals surface area contributed by atoms with Gasteiger partial charge in [0, 0.05) is 19.2 Å². The lowest BCUT2D eigenvalue weighted by molar-refractivity contribution is 0.0615. The lowest BCUT2D eigenvalue weighted by Crippen LogP contribution is -2.36. The van der Waals surface area contributed by atoms with Crippen LogP contribution in [0.5, 0.6) is 0 Å². The molecule has 32 heavy (non-hydrogen) atoms. The van der Waals surface area contributed by atoms with Gasteiger partial charge < -0.3 is 24.8 Å². The summed E-state index contributed by atoms with van der Waals surface area (Å²) in [6, 6.07) is 3.40. The highest BCUT2D eigenvalue weighted by atomic mass is 19.1. The van der Waals surface area contributed by atoms with Crippen molar-refractivity contribution >= 4 is 23.2 Å². The van der Waals surface area contributed by atoms with Gasteiger partial charge >= 0.3 is 6.09 Å². The molecule has 3 aromatic heterocycles. The van der Waals surface area contributed by atoms with Crippen LogP contribution in [-0.2, 0) is 20.8 Å². The molecule has 1 aliphatic rings. The highest BCUT2D eigenvalue weighted by Gasteiger charge is 2.42. The van der Waals surface area contributed by atoms with Gasteiger partial charge in [-0.05, 0) is 26.8 Å². The number of alkyl halides is 1. The standard InChI is InChI=1S/C20H26FN7O4/c1-10(2)22-20(29)32-15-9-31-18(17(15)21)13-6-16(26-25-13)24-19-14-5-12(8-30-4)27-28(14)7-11(3)23-19/h5-7,10,15,17-18H,8-9H2,1-4H3,(H,22,29)(H2,23,24,25,26)/t15-,17-,18-/m1/s1. The Labute approximate surface area is 183 Å². The van der Waals surface area contributed by atoms with Crippen LogP contribution in [0.4, 0.5) is 20.8 Å². The van der Waals surface area contributed by atoms with Gasteiger partial charge in [-0.1, -0.05) is 0 Å². The molecule has 0 spiro atoms. The number of methoxy groups -OCH3 is 1. The normalized spacial score (nSPS) is 20.8. The maximum Gasteiger partial charge on any atom is 0.407 e. The highest BCUT2D eigenvalue weighted by Crippen LogP contribution is 2.33. The van der Waals surface area contributed by atoms with Crippen LogP contribution >= 0.6 is 0 Å². The van der Waals surface area contributed by atoms with E-state index in [4.69, 9.17) is 14.2 Å². The fraction of sp³-hybridized carbons (Fsp3) is 0.500. The number of nitrogens with one attached hydrogen (secondary N) is 3. The molecule has 4 heterocycles. The second kappa shape index (κ2) is 9.09. The van der Waals surface area contributed by atoms with Crippen LogP contribution in [0.1, 0.15) is 37.0 Å². The third-order valence-electron chi connectivity index (χ3n) is 4.82. The Morgan fingerprint density at radius 2 is 2.25 bits per heavy atom. The predicted octanol–water partition coefficient (Wildman–Crippen LogP) is 2.56. The van der Waals surface area contributed by atoms with Gasteiger partial charge in [0.15, 0.2) is 23.9 Å². The number of amides is 1. The van der Waals surface area contributed by atoms with E-state index >= 15 is 0 Å². The number of alkyl carbamates (subject to hydrolysis) is 1. The Morgan fingerprint density at radius 1 is 1.44 bits per heavy atom. The van der Waals surface area contributed by atoms with Crippen molar-refractivity contribution in [1.82, 2.24) is 30.1 Å². The van der Waals surface area contributed by atoms with Crippen molar-refractivity contribution in [3.8, 4) is 0 Å². The van der Waals surface area contributed by atoms with Crippen LogP contribution in [0.15, 0.2) is 18.3 Å². The van der Waals surface area contributed by atoms with Crippen molar-refractivity contribution in [1.29, 1.82) is 0 Å². The van der Waals surface area contributed by atoms with Crippen molar-refractivity contribution in [2.24, 2.45) is 0 Å². The number of carbonyl (C=O) groups is 1. The molecule has 0 bridgehead atoms. The van der Waals surface area contributed by atoms with E-state index in [2.05, 4.69) is 30.9 Å². The van der Waals surface area contributed by atoms with Crippen LogP contribution in [0.3, 0.4) is 0 Å². The molecule has 172 valence electrons. The number of hydrogen-bond donors (Lipinski definition) is 3. The molecule has 1 aliphatic heterocycles. The van der Waals surface area contributed by atoms with E-state index in [0.29, 0.717) is 23.9 Å². The molecule has 0 saturated carbocycles. The lowest BCUT2D eigenvalue weighted by Gasteiger charge is -2.16. The smallest absolute Gasteiger partial charge is 0.407 e. The van der Waals surface area contributed by atoms with Crippen molar-refractivity contribution in [3.63, 3.8) is 0 Å². The number of anilines is 2. The SMILES string of the molecule is COCc1cc2c(Nc3cc([C@H]4OC[C@@H](OC(=O)NC(C)C)[C@H]4F)[nH]n3)nc(C)cn2n1. The average molecular weight is 447 g/mol. The fourth-order valence-corrected chi connectivity index (χ4v) is 3.48. The predicted molar refractivity (Wildman–Crippen MR) is 112 cm³/mol. The number of halogens is 1. The number of hydrogen-bond acceptors (Lipinski definition) is 8. The number of aryl methyl sites for hydroxylation is 1. The summed E-state index contributed by atoms with van der Waals surface area (Å²) in [7, 11) is 1.60. The summed E-state index contributed by atoms with van der Waals surface area (Å²) in [5, 5.41) is 17.2. The first-order valence-electron chi connectivity index (χ1n) is 10.2. The van der Waals surface area contributed by atoms with Crippen LogP contribution in [0.2, 0.25) is 0 Å². The van der Waals surface area contributed by atoms with E-state index in [-0.39, 0.29) is 12.6 Å².